The lowest BCUT2D eigenvalue weighted by Gasteiger charge is -2.16. The number of halogens is 1. The van der Waals surface area contributed by atoms with Gasteiger partial charge in [-0.1, -0.05) is 42.0 Å². The standard InChI is InChI=1S/C17H20BrNS/c1-13-7-9-14(10-8-13)11-15(19-2)12-20-17-6-4-3-5-16(17)18/h3-10,15,19H,11-12H2,1-2H3. The van der Waals surface area contributed by atoms with Crippen molar-refractivity contribution in [3.05, 3.63) is 64.1 Å². The van der Waals surface area contributed by atoms with Gasteiger partial charge in [-0.15, -0.1) is 11.8 Å². The number of hydrogen-bond acceptors (Lipinski definition) is 2. The van der Waals surface area contributed by atoms with Gasteiger partial charge in [0.2, 0.25) is 0 Å². The lowest BCUT2D eigenvalue weighted by molar-refractivity contribution is 0.617. The first-order chi connectivity index (χ1) is 9.69. The zero-order valence-electron chi connectivity index (χ0n) is 11.9. The molecule has 0 aliphatic rings. The van der Waals surface area contributed by atoms with Crippen molar-refractivity contribution >= 4 is 27.7 Å². The summed E-state index contributed by atoms with van der Waals surface area (Å²) in [6, 6.07) is 17.7. The molecule has 2 rings (SSSR count). The first-order valence-electron chi connectivity index (χ1n) is 6.79. The largest absolute Gasteiger partial charge is 0.316 e. The molecule has 0 spiro atoms. The molecule has 0 aromatic heterocycles. The number of aryl methyl sites for hydroxylation is 1. The van der Waals surface area contributed by atoms with Crippen LogP contribution in [0.5, 0.6) is 0 Å². The van der Waals surface area contributed by atoms with Gasteiger partial charge in [-0.25, -0.2) is 0 Å². The summed E-state index contributed by atoms with van der Waals surface area (Å²) in [7, 11) is 2.04. The third-order valence-corrected chi connectivity index (χ3v) is 5.48. The van der Waals surface area contributed by atoms with Crippen LogP contribution < -0.4 is 5.32 Å². The molecule has 0 bridgehead atoms. The maximum atomic E-state index is 3.60. The topological polar surface area (TPSA) is 12.0 Å². The predicted molar refractivity (Wildman–Crippen MR) is 92.6 cm³/mol. The van der Waals surface area contributed by atoms with Crippen molar-refractivity contribution in [3.63, 3.8) is 0 Å². The summed E-state index contributed by atoms with van der Waals surface area (Å²) in [5, 5.41) is 3.42. The van der Waals surface area contributed by atoms with Gasteiger partial charge in [-0.3, -0.25) is 0 Å². The van der Waals surface area contributed by atoms with Gasteiger partial charge >= 0.3 is 0 Å². The van der Waals surface area contributed by atoms with E-state index in [0.717, 1.165) is 12.2 Å². The fraction of sp³-hybridized carbons (Fsp3) is 0.294. The van der Waals surface area contributed by atoms with E-state index >= 15 is 0 Å². The molecule has 0 saturated carbocycles. The summed E-state index contributed by atoms with van der Waals surface area (Å²) >= 11 is 5.49. The number of thioether (sulfide) groups is 1. The van der Waals surface area contributed by atoms with Crippen molar-refractivity contribution in [3.8, 4) is 0 Å². The molecule has 1 unspecified atom stereocenters. The normalized spacial score (nSPS) is 12.3. The second-order valence-corrected chi connectivity index (χ2v) is 6.83. The van der Waals surface area contributed by atoms with Crippen molar-refractivity contribution in [2.75, 3.05) is 12.8 Å². The van der Waals surface area contributed by atoms with E-state index in [2.05, 4.69) is 76.7 Å². The van der Waals surface area contributed by atoms with Crippen LogP contribution >= 0.6 is 27.7 Å². The monoisotopic (exact) mass is 349 g/mol. The first kappa shape index (κ1) is 15.6. The van der Waals surface area contributed by atoms with Gasteiger partial charge in [0.1, 0.15) is 0 Å². The maximum absolute atomic E-state index is 3.60. The molecular weight excluding hydrogens is 330 g/mol. The number of likely N-dealkylation sites (N-methyl/N-ethyl adjacent to an activating group) is 1. The Balaban J connectivity index is 1.92. The molecule has 0 radical (unpaired) electrons. The molecule has 1 atom stereocenters. The van der Waals surface area contributed by atoms with Crippen LogP contribution in [0.1, 0.15) is 11.1 Å². The van der Waals surface area contributed by atoms with E-state index in [1.807, 2.05) is 18.8 Å². The zero-order valence-corrected chi connectivity index (χ0v) is 14.3. The molecule has 0 amide bonds. The van der Waals surface area contributed by atoms with Crippen LogP contribution in [0.15, 0.2) is 57.9 Å². The van der Waals surface area contributed by atoms with E-state index in [1.54, 1.807) is 0 Å². The molecule has 20 heavy (non-hydrogen) atoms. The Hall–Kier alpha value is -0.770. The quantitative estimate of drug-likeness (QED) is 0.759. The van der Waals surface area contributed by atoms with Crippen LogP contribution in [0.3, 0.4) is 0 Å². The lowest BCUT2D eigenvalue weighted by atomic mass is 10.1. The maximum Gasteiger partial charge on any atom is 0.0311 e. The summed E-state index contributed by atoms with van der Waals surface area (Å²) in [6.45, 7) is 2.13. The van der Waals surface area contributed by atoms with Gasteiger partial charge in [0.25, 0.3) is 0 Å². The van der Waals surface area contributed by atoms with Gasteiger partial charge in [0.05, 0.1) is 0 Å². The third kappa shape index (κ3) is 4.65. The van der Waals surface area contributed by atoms with E-state index < -0.39 is 0 Å². The molecule has 1 N–H and O–H groups in total. The van der Waals surface area contributed by atoms with Crippen LogP contribution in [0.4, 0.5) is 0 Å². The van der Waals surface area contributed by atoms with Crippen molar-refractivity contribution in [1.82, 2.24) is 5.32 Å². The van der Waals surface area contributed by atoms with Crippen molar-refractivity contribution in [2.24, 2.45) is 0 Å². The Morgan fingerprint density at radius 2 is 1.80 bits per heavy atom. The number of benzene rings is 2. The minimum atomic E-state index is 0.481. The van der Waals surface area contributed by atoms with Gasteiger partial charge in [-0.05, 0) is 54.0 Å². The van der Waals surface area contributed by atoms with E-state index in [-0.39, 0.29) is 0 Å². The summed E-state index contributed by atoms with van der Waals surface area (Å²) in [6.07, 6.45) is 1.06. The van der Waals surface area contributed by atoms with Crippen LogP contribution in [0.25, 0.3) is 0 Å². The molecule has 2 aromatic carbocycles. The molecule has 3 heteroatoms. The fourth-order valence-electron chi connectivity index (χ4n) is 2.01. The minimum absolute atomic E-state index is 0.481. The highest BCUT2D eigenvalue weighted by molar-refractivity contribution is 9.10. The molecule has 106 valence electrons. The molecule has 0 heterocycles. The van der Waals surface area contributed by atoms with Gasteiger partial charge in [-0.2, -0.15) is 0 Å². The zero-order chi connectivity index (χ0) is 14.4. The predicted octanol–water partition coefficient (Wildman–Crippen LogP) is 4.68. The highest BCUT2D eigenvalue weighted by Crippen LogP contribution is 2.27. The van der Waals surface area contributed by atoms with Crippen LogP contribution in [-0.4, -0.2) is 18.8 Å². The molecule has 0 aliphatic heterocycles. The highest BCUT2D eigenvalue weighted by atomic mass is 79.9. The van der Waals surface area contributed by atoms with Crippen molar-refractivity contribution in [2.45, 2.75) is 24.3 Å². The summed E-state index contributed by atoms with van der Waals surface area (Å²) in [4.78, 5) is 1.30. The second kappa shape index (κ2) is 7.87. The SMILES string of the molecule is CNC(CSc1ccccc1Br)Cc1ccc(C)cc1. The summed E-state index contributed by atoms with van der Waals surface area (Å²) in [5.41, 5.74) is 2.71. The van der Waals surface area contributed by atoms with Gasteiger partial charge in [0.15, 0.2) is 0 Å². The van der Waals surface area contributed by atoms with E-state index in [9.17, 15) is 0 Å². The number of rotatable bonds is 6. The van der Waals surface area contributed by atoms with Crippen LogP contribution in [-0.2, 0) is 6.42 Å². The first-order valence-corrected chi connectivity index (χ1v) is 8.57. The summed E-state index contributed by atoms with van der Waals surface area (Å²) in [5.74, 6) is 1.06. The van der Waals surface area contributed by atoms with Gasteiger partial charge in [0, 0.05) is 21.2 Å². The molecule has 0 aliphatic carbocycles. The molecule has 2 aromatic rings. The Kier molecular flexibility index (Phi) is 6.14. The van der Waals surface area contributed by atoms with Crippen LogP contribution in [0.2, 0.25) is 0 Å². The Labute approximate surface area is 134 Å². The van der Waals surface area contributed by atoms with Crippen molar-refractivity contribution < 1.29 is 0 Å². The Bertz CT molecular complexity index is 539. The minimum Gasteiger partial charge on any atom is -0.316 e. The van der Waals surface area contributed by atoms with E-state index in [0.29, 0.717) is 6.04 Å². The van der Waals surface area contributed by atoms with Crippen LogP contribution in [0, 0.1) is 6.92 Å². The average Bonchev–Trinajstić information content (AvgIpc) is 2.47. The van der Waals surface area contributed by atoms with Gasteiger partial charge < -0.3 is 5.32 Å². The highest BCUT2D eigenvalue weighted by Gasteiger charge is 2.09. The Morgan fingerprint density at radius 3 is 2.45 bits per heavy atom. The smallest absolute Gasteiger partial charge is 0.0311 e. The molecule has 1 nitrogen and oxygen atoms in total. The molecule has 0 saturated heterocycles. The second-order valence-electron chi connectivity index (χ2n) is 4.92. The summed E-state index contributed by atoms with van der Waals surface area (Å²) < 4.78 is 1.18. The molecule has 0 fully saturated rings. The fourth-order valence-corrected chi connectivity index (χ4v) is 3.68. The van der Waals surface area contributed by atoms with E-state index in [1.165, 1.54) is 20.5 Å². The lowest BCUT2D eigenvalue weighted by Crippen LogP contribution is -2.30. The van der Waals surface area contributed by atoms with E-state index in [4.69, 9.17) is 0 Å². The number of nitrogens with one attached hydrogen (secondary N) is 1. The number of hydrogen-bond donors (Lipinski definition) is 1. The molecular formula is C17H20BrNS. The third-order valence-electron chi connectivity index (χ3n) is 3.29. The Morgan fingerprint density at radius 1 is 1.10 bits per heavy atom. The van der Waals surface area contributed by atoms with Crippen molar-refractivity contribution in [1.29, 1.82) is 0 Å². The average molecular weight is 350 g/mol.